The molecule has 1 heterocycles. The number of amides is 1. The van der Waals surface area contributed by atoms with E-state index in [4.69, 9.17) is 11.6 Å². The molecule has 21 heavy (non-hydrogen) atoms. The van der Waals surface area contributed by atoms with Gasteiger partial charge in [-0.3, -0.25) is 4.79 Å². The number of carbonyl (C=O) groups excluding carboxylic acids is 1. The van der Waals surface area contributed by atoms with Crippen LogP contribution in [-0.2, 0) is 4.79 Å². The van der Waals surface area contributed by atoms with Gasteiger partial charge in [0.25, 0.3) is 0 Å². The van der Waals surface area contributed by atoms with Gasteiger partial charge in [-0.1, -0.05) is 11.6 Å². The van der Waals surface area contributed by atoms with E-state index in [1.54, 1.807) is 0 Å². The lowest BCUT2D eigenvalue weighted by Crippen LogP contribution is -2.38. The Kier molecular flexibility index (Phi) is 5.74. The molecular formula is C16H24ClN3O. The van der Waals surface area contributed by atoms with Crippen LogP contribution in [0, 0.1) is 0 Å². The maximum Gasteiger partial charge on any atom is 0.242 e. The van der Waals surface area contributed by atoms with Gasteiger partial charge in [-0.05, 0) is 51.3 Å². The molecule has 1 aliphatic heterocycles. The van der Waals surface area contributed by atoms with Gasteiger partial charge >= 0.3 is 0 Å². The monoisotopic (exact) mass is 309 g/mol. The van der Waals surface area contributed by atoms with Crippen LogP contribution in [0.5, 0.6) is 0 Å². The van der Waals surface area contributed by atoms with E-state index in [1.807, 2.05) is 32.0 Å². The topological polar surface area (TPSA) is 44.4 Å². The Hall–Kier alpha value is -1.42. The molecule has 1 fully saturated rings. The van der Waals surface area contributed by atoms with Gasteiger partial charge in [-0.25, -0.2) is 0 Å². The number of anilines is 2. The largest absolute Gasteiger partial charge is 0.372 e. The first-order valence-corrected chi connectivity index (χ1v) is 8.08. The summed E-state index contributed by atoms with van der Waals surface area (Å²) < 4.78 is 0. The van der Waals surface area contributed by atoms with E-state index in [9.17, 15) is 4.79 Å². The average molecular weight is 310 g/mol. The van der Waals surface area contributed by atoms with Crippen LogP contribution < -0.4 is 15.5 Å². The summed E-state index contributed by atoms with van der Waals surface area (Å²) >= 11 is 6.12. The van der Waals surface area contributed by atoms with Crippen molar-refractivity contribution in [3.8, 4) is 0 Å². The highest BCUT2D eigenvalue weighted by Crippen LogP contribution is 2.31. The minimum absolute atomic E-state index is 0.00192. The third-order valence-electron chi connectivity index (χ3n) is 3.77. The van der Waals surface area contributed by atoms with Crippen molar-refractivity contribution in [2.24, 2.45) is 0 Å². The van der Waals surface area contributed by atoms with Crippen molar-refractivity contribution in [1.29, 1.82) is 0 Å². The molecule has 0 bridgehead atoms. The third kappa shape index (κ3) is 4.27. The van der Waals surface area contributed by atoms with Gasteiger partial charge in [-0.15, -0.1) is 0 Å². The second-order valence-electron chi connectivity index (χ2n) is 5.47. The summed E-state index contributed by atoms with van der Waals surface area (Å²) in [5, 5.41) is 6.81. The number of piperidine rings is 1. The van der Waals surface area contributed by atoms with Crippen molar-refractivity contribution in [2.45, 2.75) is 39.2 Å². The highest BCUT2D eigenvalue weighted by atomic mass is 35.5. The maximum atomic E-state index is 11.9. The van der Waals surface area contributed by atoms with E-state index in [-0.39, 0.29) is 11.9 Å². The predicted octanol–water partition coefficient (Wildman–Crippen LogP) is 3.27. The lowest BCUT2D eigenvalue weighted by molar-refractivity contribution is -0.121. The number of likely N-dealkylation sites (N-methyl/N-ethyl adjacent to an activating group) is 1. The number of rotatable bonds is 5. The molecule has 0 spiro atoms. The fourth-order valence-corrected chi connectivity index (χ4v) is 2.83. The Balaban J connectivity index is 2.16. The predicted molar refractivity (Wildman–Crippen MR) is 89.3 cm³/mol. The molecule has 4 nitrogen and oxygen atoms in total. The first-order valence-electron chi connectivity index (χ1n) is 7.70. The lowest BCUT2D eigenvalue weighted by atomic mass is 10.1. The molecule has 0 saturated carbocycles. The molecular weight excluding hydrogens is 286 g/mol. The molecule has 2 rings (SSSR count). The van der Waals surface area contributed by atoms with E-state index in [0.29, 0.717) is 11.6 Å². The first-order chi connectivity index (χ1) is 10.1. The lowest BCUT2D eigenvalue weighted by Gasteiger charge is -2.31. The summed E-state index contributed by atoms with van der Waals surface area (Å²) in [5.74, 6) is 0.00192. The number of nitrogens with zero attached hydrogens (tertiary/aromatic N) is 1. The summed E-state index contributed by atoms with van der Waals surface area (Å²) in [6, 6.07) is 5.57. The molecule has 5 heteroatoms. The second kappa shape index (κ2) is 7.55. The molecule has 116 valence electrons. The minimum Gasteiger partial charge on any atom is -0.372 e. The standard InChI is InChI=1S/C16H24ClN3O/c1-3-18-16(21)12(2)19-14-11-13(17)7-8-15(14)20-9-5-4-6-10-20/h7-8,11-12,19H,3-6,9-10H2,1-2H3,(H,18,21)/t12-/m1/s1. The first kappa shape index (κ1) is 16.0. The Morgan fingerprint density at radius 1 is 1.33 bits per heavy atom. The maximum absolute atomic E-state index is 11.9. The van der Waals surface area contributed by atoms with E-state index in [0.717, 1.165) is 24.5 Å². The van der Waals surface area contributed by atoms with Crippen LogP contribution in [0.4, 0.5) is 11.4 Å². The van der Waals surface area contributed by atoms with Gasteiger partial charge < -0.3 is 15.5 Å². The molecule has 1 atom stereocenters. The highest BCUT2D eigenvalue weighted by Gasteiger charge is 2.18. The quantitative estimate of drug-likeness (QED) is 0.877. The van der Waals surface area contributed by atoms with Gasteiger partial charge in [0, 0.05) is 24.7 Å². The average Bonchev–Trinajstić information content (AvgIpc) is 2.48. The number of hydrogen-bond donors (Lipinski definition) is 2. The fraction of sp³-hybridized carbons (Fsp3) is 0.562. The molecule has 1 aromatic rings. The number of benzene rings is 1. The molecule has 0 aromatic heterocycles. The van der Waals surface area contributed by atoms with Crippen molar-refractivity contribution in [3.63, 3.8) is 0 Å². The van der Waals surface area contributed by atoms with Crippen LogP contribution in [-0.4, -0.2) is 31.6 Å². The number of nitrogens with one attached hydrogen (secondary N) is 2. The molecule has 1 amide bonds. The van der Waals surface area contributed by atoms with Gasteiger partial charge in [0.2, 0.25) is 5.91 Å². The summed E-state index contributed by atoms with van der Waals surface area (Å²) in [5.41, 5.74) is 2.07. The number of carbonyl (C=O) groups is 1. The van der Waals surface area contributed by atoms with Crippen molar-refractivity contribution >= 4 is 28.9 Å². The van der Waals surface area contributed by atoms with Crippen LogP contribution >= 0.6 is 11.6 Å². The van der Waals surface area contributed by atoms with Crippen molar-refractivity contribution < 1.29 is 4.79 Å². The Morgan fingerprint density at radius 3 is 2.71 bits per heavy atom. The third-order valence-corrected chi connectivity index (χ3v) is 4.01. The number of hydrogen-bond acceptors (Lipinski definition) is 3. The van der Waals surface area contributed by atoms with E-state index in [1.165, 1.54) is 19.3 Å². The highest BCUT2D eigenvalue weighted by molar-refractivity contribution is 6.31. The molecule has 1 aromatic carbocycles. The SMILES string of the molecule is CCNC(=O)[C@@H](C)Nc1cc(Cl)ccc1N1CCCCC1. The van der Waals surface area contributed by atoms with Gasteiger partial charge in [0.1, 0.15) is 6.04 Å². The summed E-state index contributed by atoms with van der Waals surface area (Å²) in [6.07, 6.45) is 3.73. The van der Waals surface area contributed by atoms with Crippen LogP contribution in [0.1, 0.15) is 33.1 Å². The normalized spacial score (nSPS) is 16.4. The number of halogens is 1. The molecule has 0 unspecified atom stereocenters. The van der Waals surface area contributed by atoms with Gasteiger partial charge in [0.05, 0.1) is 11.4 Å². The summed E-state index contributed by atoms with van der Waals surface area (Å²) in [7, 11) is 0. The smallest absolute Gasteiger partial charge is 0.242 e. The fourth-order valence-electron chi connectivity index (χ4n) is 2.66. The van der Waals surface area contributed by atoms with Crippen LogP contribution in [0.3, 0.4) is 0 Å². The van der Waals surface area contributed by atoms with Crippen LogP contribution in [0.2, 0.25) is 5.02 Å². The summed E-state index contributed by atoms with van der Waals surface area (Å²) in [4.78, 5) is 14.3. The van der Waals surface area contributed by atoms with Crippen LogP contribution in [0.15, 0.2) is 18.2 Å². The van der Waals surface area contributed by atoms with E-state index < -0.39 is 0 Å². The molecule has 0 radical (unpaired) electrons. The van der Waals surface area contributed by atoms with Gasteiger partial charge in [-0.2, -0.15) is 0 Å². The Labute approximate surface area is 131 Å². The Bertz CT molecular complexity index is 486. The zero-order chi connectivity index (χ0) is 15.2. The van der Waals surface area contributed by atoms with Crippen molar-refractivity contribution in [1.82, 2.24) is 5.32 Å². The van der Waals surface area contributed by atoms with Crippen molar-refractivity contribution in [3.05, 3.63) is 23.2 Å². The van der Waals surface area contributed by atoms with Crippen molar-refractivity contribution in [2.75, 3.05) is 29.9 Å². The van der Waals surface area contributed by atoms with E-state index >= 15 is 0 Å². The second-order valence-corrected chi connectivity index (χ2v) is 5.91. The minimum atomic E-state index is -0.285. The molecule has 1 saturated heterocycles. The zero-order valence-corrected chi connectivity index (χ0v) is 13.5. The molecule has 0 aliphatic carbocycles. The Morgan fingerprint density at radius 2 is 2.05 bits per heavy atom. The molecule has 1 aliphatic rings. The zero-order valence-electron chi connectivity index (χ0n) is 12.8. The molecule has 2 N–H and O–H groups in total. The summed E-state index contributed by atoms with van der Waals surface area (Å²) in [6.45, 7) is 6.55. The van der Waals surface area contributed by atoms with E-state index in [2.05, 4.69) is 15.5 Å². The van der Waals surface area contributed by atoms with Crippen LogP contribution in [0.25, 0.3) is 0 Å². The van der Waals surface area contributed by atoms with Gasteiger partial charge in [0.15, 0.2) is 0 Å².